The number of benzene rings is 2. The molecule has 0 bridgehead atoms. The number of nitrogens with zero attached hydrogens (tertiary/aromatic N) is 1. The van der Waals surface area contributed by atoms with E-state index in [-0.39, 0.29) is 5.91 Å². The van der Waals surface area contributed by atoms with Crippen LogP contribution in [0.25, 0.3) is 6.08 Å². The van der Waals surface area contributed by atoms with Crippen LogP contribution in [0, 0.1) is 0 Å². The first-order chi connectivity index (χ1) is 14.0. The number of aliphatic imine (C=N–C) groups is 1. The Bertz CT molecular complexity index is 1150. The highest BCUT2D eigenvalue weighted by Gasteiger charge is 2.25. The van der Waals surface area contributed by atoms with Crippen LogP contribution in [0.5, 0.6) is 0 Å². The molecule has 2 heterocycles. The molecule has 2 aromatic carbocycles. The number of carbonyl (C=O) groups excluding carboxylic acids is 1. The maximum absolute atomic E-state index is 12.3. The van der Waals surface area contributed by atoms with Gasteiger partial charge in [0.1, 0.15) is 5.76 Å². The molecule has 1 amide bonds. The zero-order chi connectivity index (χ0) is 20.4. The lowest BCUT2D eigenvalue weighted by atomic mass is 10.3. The fraction of sp³-hybridized carbons (Fsp3) is 0. The summed E-state index contributed by atoms with van der Waals surface area (Å²) in [6, 6.07) is 16.9. The summed E-state index contributed by atoms with van der Waals surface area (Å²) >= 11 is 18.4. The highest BCUT2D eigenvalue weighted by Crippen LogP contribution is 2.38. The first kappa shape index (κ1) is 20.6. The minimum Gasteiger partial charge on any atom is -0.449 e. The van der Waals surface area contributed by atoms with Gasteiger partial charge in [-0.2, -0.15) is 0 Å². The number of nitrogens with one attached hydrogen (secondary N) is 1. The standard InChI is InChI=1S/C20H11BrCl2N2O2S2/c21-13-9-11(27-19(13)28-12-5-2-1-3-6-12)10-16-18(26)25-20(29-16)24-15-8-4-7-14(22)17(15)23/h1-10H,(H,24,25,26)/b16-10+. The summed E-state index contributed by atoms with van der Waals surface area (Å²) < 4.78 is 6.71. The highest BCUT2D eigenvalue weighted by molar-refractivity contribution is 9.10. The van der Waals surface area contributed by atoms with Crippen LogP contribution in [0.4, 0.5) is 5.69 Å². The molecule has 1 aliphatic heterocycles. The van der Waals surface area contributed by atoms with Crippen LogP contribution in [0.3, 0.4) is 0 Å². The van der Waals surface area contributed by atoms with Gasteiger partial charge in [-0.25, -0.2) is 4.99 Å². The normalized spacial score (nSPS) is 16.6. The van der Waals surface area contributed by atoms with E-state index in [1.165, 1.54) is 23.5 Å². The molecule has 29 heavy (non-hydrogen) atoms. The van der Waals surface area contributed by atoms with Crippen LogP contribution in [-0.4, -0.2) is 11.1 Å². The number of rotatable bonds is 4. The van der Waals surface area contributed by atoms with Gasteiger partial charge in [-0.3, -0.25) is 4.79 Å². The Hall–Kier alpha value is -1.64. The van der Waals surface area contributed by atoms with E-state index in [0.29, 0.717) is 36.7 Å². The number of hydrogen-bond acceptors (Lipinski definition) is 5. The van der Waals surface area contributed by atoms with Gasteiger partial charge in [0.15, 0.2) is 10.3 Å². The lowest BCUT2D eigenvalue weighted by Crippen LogP contribution is -2.19. The molecular weight excluding hydrogens is 515 g/mol. The Labute approximate surface area is 193 Å². The predicted molar refractivity (Wildman–Crippen MR) is 124 cm³/mol. The zero-order valence-corrected chi connectivity index (χ0v) is 19.2. The summed E-state index contributed by atoms with van der Waals surface area (Å²) in [5, 5.41) is 4.61. The van der Waals surface area contributed by atoms with Gasteiger partial charge < -0.3 is 9.73 Å². The van der Waals surface area contributed by atoms with Crippen LogP contribution in [0.15, 0.2) is 83.4 Å². The van der Waals surface area contributed by atoms with Crippen molar-refractivity contribution in [1.29, 1.82) is 0 Å². The summed E-state index contributed by atoms with van der Waals surface area (Å²) in [5.74, 6) is 0.312. The number of amides is 1. The third-order valence-corrected chi connectivity index (χ3v) is 7.27. The molecule has 9 heteroatoms. The van der Waals surface area contributed by atoms with E-state index in [9.17, 15) is 4.79 Å². The molecule has 3 aromatic rings. The van der Waals surface area contributed by atoms with Gasteiger partial charge in [-0.1, -0.05) is 59.2 Å². The molecule has 1 saturated heterocycles. The number of amidine groups is 1. The molecule has 4 rings (SSSR count). The molecule has 1 N–H and O–H groups in total. The number of carbonyl (C=O) groups is 1. The second kappa shape index (κ2) is 9.02. The molecule has 0 unspecified atom stereocenters. The third-order valence-electron chi connectivity index (χ3n) is 3.71. The second-order valence-electron chi connectivity index (χ2n) is 5.75. The van der Waals surface area contributed by atoms with Crippen molar-refractivity contribution >= 4 is 85.5 Å². The van der Waals surface area contributed by atoms with Crippen LogP contribution in [-0.2, 0) is 4.79 Å². The van der Waals surface area contributed by atoms with Crippen molar-refractivity contribution in [2.24, 2.45) is 4.99 Å². The molecule has 0 saturated carbocycles. The largest absolute Gasteiger partial charge is 0.449 e. The van der Waals surface area contributed by atoms with Crippen LogP contribution in [0.2, 0.25) is 10.0 Å². The van der Waals surface area contributed by atoms with E-state index >= 15 is 0 Å². The molecule has 0 aliphatic carbocycles. The van der Waals surface area contributed by atoms with Gasteiger partial charge in [0.25, 0.3) is 5.91 Å². The average molecular weight is 526 g/mol. The minimum absolute atomic E-state index is 0.253. The first-order valence-electron chi connectivity index (χ1n) is 8.25. The van der Waals surface area contributed by atoms with Gasteiger partial charge in [0.2, 0.25) is 0 Å². The highest BCUT2D eigenvalue weighted by atomic mass is 79.9. The van der Waals surface area contributed by atoms with Crippen molar-refractivity contribution in [1.82, 2.24) is 5.32 Å². The molecule has 0 radical (unpaired) electrons. The molecule has 1 aliphatic rings. The Morgan fingerprint density at radius 2 is 1.93 bits per heavy atom. The summed E-state index contributed by atoms with van der Waals surface area (Å²) in [7, 11) is 0. The van der Waals surface area contributed by atoms with Gasteiger partial charge in [0.05, 0.1) is 25.1 Å². The topological polar surface area (TPSA) is 54.6 Å². The van der Waals surface area contributed by atoms with Crippen molar-refractivity contribution < 1.29 is 9.21 Å². The van der Waals surface area contributed by atoms with E-state index in [1.807, 2.05) is 36.4 Å². The smallest absolute Gasteiger partial charge is 0.264 e. The van der Waals surface area contributed by atoms with Crippen molar-refractivity contribution in [3.63, 3.8) is 0 Å². The third kappa shape index (κ3) is 4.92. The molecule has 146 valence electrons. The second-order valence-corrected chi connectivity index (χ2v) is 9.47. The average Bonchev–Trinajstić information content (AvgIpc) is 3.22. The summed E-state index contributed by atoms with van der Waals surface area (Å²) in [5.41, 5.74) is 0.491. The molecule has 1 aromatic heterocycles. The quantitative estimate of drug-likeness (QED) is 0.361. The number of hydrogen-bond donors (Lipinski definition) is 1. The molecule has 1 fully saturated rings. The number of halogens is 3. The molecule has 4 nitrogen and oxygen atoms in total. The van der Waals surface area contributed by atoms with Crippen molar-refractivity contribution in [3.05, 3.63) is 79.8 Å². The van der Waals surface area contributed by atoms with Gasteiger partial charge in [-0.15, -0.1) is 0 Å². The first-order valence-corrected chi connectivity index (χ1v) is 11.4. The van der Waals surface area contributed by atoms with Crippen LogP contribution < -0.4 is 5.32 Å². The number of thioether (sulfide) groups is 1. The van der Waals surface area contributed by atoms with E-state index in [0.717, 1.165) is 9.37 Å². The van der Waals surface area contributed by atoms with E-state index in [1.54, 1.807) is 24.3 Å². The fourth-order valence-corrected chi connectivity index (χ4v) is 4.91. The molecule has 0 atom stereocenters. The summed E-state index contributed by atoms with van der Waals surface area (Å²) in [4.78, 5) is 18.2. The van der Waals surface area contributed by atoms with E-state index in [2.05, 4.69) is 26.2 Å². The minimum atomic E-state index is -0.253. The zero-order valence-electron chi connectivity index (χ0n) is 14.5. The maximum atomic E-state index is 12.3. The summed E-state index contributed by atoms with van der Waals surface area (Å²) in [6.45, 7) is 0. The Balaban J connectivity index is 1.55. The Kier molecular flexibility index (Phi) is 6.41. The van der Waals surface area contributed by atoms with Crippen LogP contribution in [0.1, 0.15) is 5.76 Å². The Morgan fingerprint density at radius 3 is 2.72 bits per heavy atom. The van der Waals surface area contributed by atoms with Gasteiger partial charge >= 0.3 is 0 Å². The monoisotopic (exact) mass is 524 g/mol. The maximum Gasteiger partial charge on any atom is 0.264 e. The lowest BCUT2D eigenvalue weighted by molar-refractivity contribution is -0.115. The van der Waals surface area contributed by atoms with E-state index in [4.69, 9.17) is 27.6 Å². The van der Waals surface area contributed by atoms with Crippen molar-refractivity contribution in [3.8, 4) is 0 Å². The van der Waals surface area contributed by atoms with Crippen LogP contribution >= 0.6 is 62.7 Å². The van der Waals surface area contributed by atoms with Gasteiger partial charge in [0, 0.05) is 11.0 Å². The SMILES string of the molecule is O=C1NC(=Nc2cccc(Cl)c2Cl)S/C1=C/c1cc(Br)c(Sc2ccccc2)o1. The van der Waals surface area contributed by atoms with Crippen molar-refractivity contribution in [2.45, 2.75) is 9.99 Å². The molecular formula is C20H11BrCl2N2O2S2. The van der Waals surface area contributed by atoms with Gasteiger partial charge in [-0.05, 0) is 58.0 Å². The number of furan rings is 1. The Morgan fingerprint density at radius 1 is 1.14 bits per heavy atom. The fourth-order valence-electron chi connectivity index (χ4n) is 2.40. The summed E-state index contributed by atoms with van der Waals surface area (Å²) in [6.07, 6.45) is 1.68. The molecule has 0 spiro atoms. The lowest BCUT2D eigenvalue weighted by Gasteiger charge is -2.00. The van der Waals surface area contributed by atoms with E-state index < -0.39 is 0 Å². The predicted octanol–water partition coefficient (Wildman–Crippen LogP) is 7.39. The van der Waals surface area contributed by atoms with Crippen molar-refractivity contribution in [2.75, 3.05) is 0 Å².